The summed E-state index contributed by atoms with van der Waals surface area (Å²) in [6.45, 7) is 17.3. The molecule has 0 bridgehead atoms. The third-order valence-electron chi connectivity index (χ3n) is 14.6. The number of aliphatic carboxylic acids is 1. The number of carboxylic acid groups (broad SMARTS) is 1. The maximum absolute atomic E-state index is 13.5. The van der Waals surface area contributed by atoms with E-state index in [4.69, 9.17) is 9.84 Å². The zero-order chi connectivity index (χ0) is 31.6. The highest BCUT2D eigenvalue weighted by molar-refractivity contribution is 5.78. The fourth-order valence-electron chi connectivity index (χ4n) is 11.9. The molecule has 0 radical (unpaired) electrons. The Labute approximate surface area is 260 Å². The molecule has 6 nitrogen and oxygen atoms in total. The summed E-state index contributed by atoms with van der Waals surface area (Å²) in [6, 6.07) is 0.145. The van der Waals surface area contributed by atoms with Crippen LogP contribution in [0.15, 0.2) is 11.6 Å². The number of allylic oxidation sites excluding steroid dienone is 2. The van der Waals surface area contributed by atoms with Gasteiger partial charge in [-0.15, -0.1) is 0 Å². The van der Waals surface area contributed by atoms with Crippen LogP contribution in [-0.2, 0) is 19.1 Å². The molecule has 4 fully saturated rings. The molecule has 1 amide bonds. The number of nitrogens with one attached hydrogen (secondary N) is 1. The fraction of sp³-hybridized carbons (Fsp3) is 0.865. The summed E-state index contributed by atoms with van der Waals surface area (Å²) in [5, 5.41) is 12.3. The molecule has 8 atom stereocenters. The minimum absolute atomic E-state index is 0.0166. The first-order valence-corrected chi connectivity index (χ1v) is 17.3. The number of unbranched alkanes of at least 4 members (excludes halogenated alkanes) is 1. The number of carboxylic acids is 1. The lowest BCUT2D eigenvalue weighted by Crippen LogP contribution is -2.66. The summed E-state index contributed by atoms with van der Waals surface area (Å²) in [5.41, 5.74) is 1.84. The minimum atomic E-state index is -0.797. The number of hydrogen-bond donors (Lipinski definition) is 2. The van der Waals surface area contributed by atoms with Gasteiger partial charge in [0.1, 0.15) is 0 Å². The SMILES string of the molecule is COC(=O)[C@]12CCC(C)(C)C[C@H]1C1=CC[C@@H]3[C@@]4(C)CC[C@H](NC(=O)CCCCC(=O)O)C(C)(C)[C@@H]4CC[C@@]3(C)[C@]1(C)CC2. The first kappa shape index (κ1) is 32.5. The molecule has 0 spiro atoms. The third kappa shape index (κ3) is 5.00. The quantitative estimate of drug-likeness (QED) is 0.176. The Bertz CT molecular complexity index is 1170. The Balaban J connectivity index is 1.40. The molecule has 0 saturated heterocycles. The predicted octanol–water partition coefficient (Wildman–Crippen LogP) is 8.09. The number of carbonyl (C=O) groups is 3. The van der Waals surface area contributed by atoms with E-state index in [2.05, 4.69) is 59.9 Å². The van der Waals surface area contributed by atoms with E-state index >= 15 is 0 Å². The van der Waals surface area contributed by atoms with Crippen LogP contribution in [0.4, 0.5) is 0 Å². The normalized spacial score (nSPS) is 42.7. The fourth-order valence-corrected chi connectivity index (χ4v) is 11.9. The third-order valence-corrected chi connectivity index (χ3v) is 14.6. The second kappa shape index (κ2) is 10.9. The van der Waals surface area contributed by atoms with Gasteiger partial charge in [-0.05, 0) is 122 Å². The van der Waals surface area contributed by atoms with Crippen molar-refractivity contribution in [2.75, 3.05) is 7.11 Å². The van der Waals surface area contributed by atoms with Crippen LogP contribution in [0, 0.1) is 50.2 Å². The van der Waals surface area contributed by atoms with Crippen molar-refractivity contribution in [3.05, 3.63) is 11.6 Å². The molecule has 0 aromatic heterocycles. The molecular weight excluding hydrogens is 538 g/mol. The van der Waals surface area contributed by atoms with Gasteiger partial charge in [0.05, 0.1) is 12.5 Å². The van der Waals surface area contributed by atoms with E-state index < -0.39 is 5.97 Å². The molecule has 2 N–H and O–H groups in total. The van der Waals surface area contributed by atoms with Crippen LogP contribution >= 0.6 is 0 Å². The van der Waals surface area contributed by atoms with Crippen LogP contribution in [0.1, 0.15) is 138 Å². The number of fused-ring (bicyclic) bond motifs is 7. The highest BCUT2D eigenvalue weighted by Gasteiger charge is 2.69. The molecule has 0 unspecified atom stereocenters. The molecule has 6 heteroatoms. The van der Waals surface area contributed by atoms with Crippen molar-refractivity contribution in [1.29, 1.82) is 0 Å². The summed E-state index contributed by atoms with van der Waals surface area (Å²) in [7, 11) is 1.58. The van der Waals surface area contributed by atoms with Gasteiger partial charge in [-0.3, -0.25) is 14.4 Å². The number of esters is 1. The van der Waals surface area contributed by atoms with Gasteiger partial charge in [0.25, 0.3) is 0 Å². The molecule has 0 aliphatic heterocycles. The van der Waals surface area contributed by atoms with E-state index in [-0.39, 0.29) is 62.7 Å². The zero-order valence-corrected chi connectivity index (χ0v) is 28.4. The van der Waals surface area contributed by atoms with E-state index in [9.17, 15) is 14.4 Å². The largest absolute Gasteiger partial charge is 0.481 e. The van der Waals surface area contributed by atoms with Crippen LogP contribution in [0.3, 0.4) is 0 Å². The smallest absolute Gasteiger partial charge is 0.312 e. The van der Waals surface area contributed by atoms with E-state index in [0.717, 1.165) is 51.4 Å². The van der Waals surface area contributed by atoms with Crippen LogP contribution in [0.2, 0.25) is 0 Å². The minimum Gasteiger partial charge on any atom is -0.481 e. The number of rotatable bonds is 7. The van der Waals surface area contributed by atoms with Crippen molar-refractivity contribution in [3.63, 3.8) is 0 Å². The standard InChI is InChI=1S/C37H59NO5/c1-32(2)19-21-37(31(42)43-8)22-20-35(6)24(25(37)23-32)13-14-27-34(5)17-16-28(38-29(39)11-9-10-12-30(40)41)33(3,4)26(34)15-18-36(27,35)7/h13,25-28H,9-12,14-23H2,1-8H3,(H,38,39)(H,40,41)/t25-,26-,27+,28-,34-,35+,36+,37-/m0/s1. The molecule has 43 heavy (non-hydrogen) atoms. The summed E-state index contributed by atoms with van der Waals surface area (Å²) in [5.74, 6) is 0.647. The first-order chi connectivity index (χ1) is 20.0. The zero-order valence-electron chi connectivity index (χ0n) is 28.4. The molecule has 5 aliphatic rings. The van der Waals surface area contributed by atoms with Gasteiger partial charge in [-0.2, -0.15) is 0 Å². The molecule has 4 saturated carbocycles. The van der Waals surface area contributed by atoms with Crippen LogP contribution in [0.5, 0.6) is 0 Å². The molecular formula is C37H59NO5. The lowest BCUT2D eigenvalue weighted by atomic mass is 9.33. The van der Waals surface area contributed by atoms with E-state index in [1.165, 1.54) is 12.8 Å². The molecule has 5 rings (SSSR count). The molecule has 0 heterocycles. The van der Waals surface area contributed by atoms with Gasteiger partial charge < -0.3 is 15.2 Å². The monoisotopic (exact) mass is 597 g/mol. The van der Waals surface area contributed by atoms with Crippen molar-refractivity contribution < 1.29 is 24.2 Å². The van der Waals surface area contributed by atoms with Crippen LogP contribution in [0.25, 0.3) is 0 Å². The van der Waals surface area contributed by atoms with Gasteiger partial charge in [-0.1, -0.05) is 60.1 Å². The van der Waals surface area contributed by atoms with Crippen molar-refractivity contribution in [2.24, 2.45) is 50.2 Å². The molecule has 242 valence electrons. The Morgan fingerprint density at radius 3 is 2.23 bits per heavy atom. The highest BCUT2D eigenvalue weighted by Crippen LogP contribution is 2.75. The van der Waals surface area contributed by atoms with Gasteiger partial charge in [0, 0.05) is 18.9 Å². The second-order valence-electron chi connectivity index (χ2n) is 17.4. The lowest BCUT2D eigenvalue weighted by Gasteiger charge is -2.71. The van der Waals surface area contributed by atoms with Crippen LogP contribution in [-0.4, -0.2) is 36.1 Å². The Kier molecular flexibility index (Phi) is 8.25. The maximum atomic E-state index is 13.5. The summed E-state index contributed by atoms with van der Waals surface area (Å²) < 4.78 is 5.53. The van der Waals surface area contributed by atoms with E-state index in [0.29, 0.717) is 31.1 Å². The van der Waals surface area contributed by atoms with Crippen molar-refractivity contribution in [1.82, 2.24) is 5.32 Å². The lowest BCUT2D eigenvalue weighted by molar-refractivity contribution is -0.193. The topological polar surface area (TPSA) is 92.7 Å². The van der Waals surface area contributed by atoms with Gasteiger partial charge in [0.15, 0.2) is 0 Å². The summed E-state index contributed by atoms with van der Waals surface area (Å²) >= 11 is 0. The highest BCUT2D eigenvalue weighted by atomic mass is 16.5. The van der Waals surface area contributed by atoms with Gasteiger partial charge in [-0.25, -0.2) is 0 Å². The number of methoxy groups -OCH3 is 1. The predicted molar refractivity (Wildman–Crippen MR) is 169 cm³/mol. The number of hydrogen-bond acceptors (Lipinski definition) is 4. The Morgan fingerprint density at radius 1 is 0.884 bits per heavy atom. The summed E-state index contributed by atoms with van der Waals surface area (Å²) in [4.78, 5) is 37.3. The second-order valence-corrected chi connectivity index (χ2v) is 17.4. The first-order valence-electron chi connectivity index (χ1n) is 17.3. The number of amides is 1. The van der Waals surface area contributed by atoms with Gasteiger partial charge >= 0.3 is 11.9 Å². The maximum Gasteiger partial charge on any atom is 0.312 e. The Hall–Kier alpha value is -1.85. The average molecular weight is 598 g/mol. The average Bonchev–Trinajstić information content (AvgIpc) is 2.92. The van der Waals surface area contributed by atoms with Gasteiger partial charge in [0.2, 0.25) is 5.91 Å². The molecule has 5 aliphatic carbocycles. The van der Waals surface area contributed by atoms with Crippen molar-refractivity contribution in [3.8, 4) is 0 Å². The number of carbonyl (C=O) groups excluding carboxylic acids is 2. The van der Waals surface area contributed by atoms with E-state index in [1.807, 2.05) is 0 Å². The molecule has 0 aromatic carbocycles. The molecule has 0 aromatic rings. The van der Waals surface area contributed by atoms with Crippen molar-refractivity contribution in [2.45, 2.75) is 144 Å². The summed E-state index contributed by atoms with van der Waals surface area (Å²) in [6.07, 6.45) is 14.9. The van der Waals surface area contributed by atoms with E-state index in [1.54, 1.807) is 12.7 Å². The Morgan fingerprint density at radius 2 is 1.56 bits per heavy atom. The van der Waals surface area contributed by atoms with Crippen molar-refractivity contribution >= 4 is 17.8 Å². The number of ether oxygens (including phenoxy) is 1. The van der Waals surface area contributed by atoms with Crippen LogP contribution < -0.4 is 5.32 Å².